The lowest BCUT2D eigenvalue weighted by atomic mass is 10.1. The lowest BCUT2D eigenvalue weighted by Crippen LogP contribution is -2.21. The van der Waals surface area contributed by atoms with Crippen LogP contribution in [0.1, 0.15) is 16.7 Å². The largest absolute Gasteiger partial charge is 0.416 e. The van der Waals surface area contributed by atoms with Crippen LogP contribution in [0, 0.1) is 11.3 Å². The highest BCUT2D eigenvalue weighted by Gasteiger charge is 2.30. The van der Waals surface area contributed by atoms with E-state index in [-0.39, 0.29) is 34.1 Å². The smallest absolute Gasteiger partial charge is 0.322 e. The number of H-pyrrole nitrogens is 1. The molecule has 0 spiro atoms. The van der Waals surface area contributed by atoms with Gasteiger partial charge in [0.25, 0.3) is 5.56 Å². The molecular weight excluding hydrogens is 433 g/mol. The summed E-state index contributed by atoms with van der Waals surface area (Å²) >= 11 is 1.08. The van der Waals surface area contributed by atoms with Gasteiger partial charge in [-0.2, -0.15) is 28.6 Å². The van der Waals surface area contributed by atoms with E-state index < -0.39 is 23.2 Å². The lowest BCUT2D eigenvalue weighted by molar-refractivity contribution is -0.137. The average Bonchev–Trinajstić information content (AvgIpc) is 3.36. The van der Waals surface area contributed by atoms with Gasteiger partial charge in [0.2, 0.25) is 5.91 Å². The SMILES string of the molecule is N#Cc1csc(NC(=O)Cc2cc3cc(C(F)(F)F)ccc3[nH]c2=O)c1-n1nccn1. The van der Waals surface area contributed by atoms with Gasteiger partial charge in [-0.05, 0) is 29.7 Å². The van der Waals surface area contributed by atoms with E-state index in [0.29, 0.717) is 5.00 Å². The Kier molecular flexibility index (Phi) is 5.04. The van der Waals surface area contributed by atoms with Gasteiger partial charge in [-0.1, -0.05) is 0 Å². The monoisotopic (exact) mass is 444 g/mol. The van der Waals surface area contributed by atoms with Crippen molar-refractivity contribution >= 4 is 33.1 Å². The van der Waals surface area contributed by atoms with Crippen molar-refractivity contribution in [2.24, 2.45) is 0 Å². The van der Waals surface area contributed by atoms with Crippen LogP contribution in [-0.2, 0) is 17.4 Å². The molecule has 0 radical (unpaired) electrons. The Labute approximate surface area is 175 Å². The molecule has 0 aliphatic heterocycles. The number of carbonyl (C=O) groups is 1. The first-order valence-electron chi connectivity index (χ1n) is 8.67. The normalized spacial score (nSPS) is 11.4. The molecule has 3 aromatic heterocycles. The second kappa shape index (κ2) is 7.69. The van der Waals surface area contributed by atoms with Crippen molar-refractivity contribution in [2.45, 2.75) is 12.6 Å². The minimum absolute atomic E-state index is 0.000140. The van der Waals surface area contributed by atoms with Crippen LogP contribution in [0.15, 0.2) is 46.8 Å². The number of nitrogens with one attached hydrogen (secondary N) is 2. The maximum absolute atomic E-state index is 13.0. The summed E-state index contributed by atoms with van der Waals surface area (Å²) in [5, 5.41) is 21.8. The first kappa shape index (κ1) is 20.3. The zero-order valence-electron chi connectivity index (χ0n) is 15.4. The Morgan fingerprint density at radius 1 is 1.26 bits per heavy atom. The minimum atomic E-state index is -4.53. The zero-order valence-corrected chi connectivity index (χ0v) is 16.2. The molecule has 0 saturated heterocycles. The fourth-order valence-corrected chi connectivity index (χ4v) is 3.83. The predicted octanol–water partition coefficient (Wildman–Crippen LogP) is 3.24. The van der Waals surface area contributed by atoms with Crippen molar-refractivity contribution in [3.63, 3.8) is 0 Å². The van der Waals surface area contributed by atoms with Crippen LogP contribution in [0.3, 0.4) is 0 Å². The number of aromatic nitrogens is 4. The molecule has 0 unspecified atom stereocenters. The minimum Gasteiger partial charge on any atom is -0.322 e. The average molecular weight is 444 g/mol. The number of hydrogen-bond donors (Lipinski definition) is 2. The number of benzene rings is 1. The third-order valence-corrected chi connectivity index (χ3v) is 5.24. The number of nitrogens with zero attached hydrogens (tertiary/aromatic N) is 4. The molecule has 1 amide bonds. The Morgan fingerprint density at radius 2 is 2.00 bits per heavy atom. The summed E-state index contributed by atoms with van der Waals surface area (Å²) in [5.74, 6) is -0.587. The van der Waals surface area contributed by atoms with Crippen LogP contribution in [0.2, 0.25) is 0 Å². The van der Waals surface area contributed by atoms with Gasteiger partial charge < -0.3 is 10.3 Å². The summed E-state index contributed by atoms with van der Waals surface area (Å²) in [6.45, 7) is 0. The number of pyridine rings is 1. The number of alkyl halides is 3. The third-order valence-electron chi connectivity index (χ3n) is 4.36. The molecule has 156 valence electrons. The van der Waals surface area contributed by atoms with Gasteiger partial charge in [0.05, 0.1) is 29.9 Å². The Morgan fingerprint density at radius 3 is 2.68 bits per heavy atom. The van der Waals surface area contributed by atoms with Crippen molar-refractivity contribution in [3.05, 3.63) is 69.1 Å². The Hall–Kier alpha value is -3.98. The highest BCUT2D eigenvalue weighted by molar-refractivity contribution is 7.15. The molecule has 0 aliphatic rings. The van der Waals surface area contributed by atoms with Crippen LogP contribution in [0.5, 0.6) is 0 Å². The van der Waals surface area contributed by atoms with Crippen molar-refractivity contribution in [1.29, 1.82) is 5.26 Å². The van der Waals surface area contributed by atoms with Crippen molar-refractivity contribution in [3.8, 4) is 11.8 Å². The van der Waals surface area contributed by atoms with E-state index in [0.717, 1.165) is 23.5 Å². The van der Waals surface area contributed by atoms with Gasteiger partial charge in [0.1, 0.15) is 16.8 Å². The zero-order chi connectivity index (χ0) is 22.2. The van der Waals surface area contributed by atoms with Crippen molar-refractivity contribution in [2.75, 3.05) is 5.32 Å². The van der Waals surface area contributed by atoms with Gasteiger partial charge in [-0.3, -0.25) is 9.59 Å². The Bertz CT molecular complexity index is 1380. The third kappa shape index (κ3) is 4.03. The van der Waals surface area contributed by atoms with Crippen molar-refractivity contribution in [1.82, 2.24) is 20.0 Å². The van der Waals surface area contributed by atoms with Gasteiger partial charge in [-0.15, -0.1) is 16.1 Å². The van der Waals surface area contributed by atoms with E-state index in [2.05, 4.69) is 20.5 Å². The number of nitriles is 1. The maximum atomic E-state index is 13.0. The number of fused-ring (bicyclic) bond motifs is 1. The molecule has 0 saturated carbocycles. The van der Waals surface area contributed by atoms with Gasteiger partial charge in [0.15, 0.2) is 0 Å². The van der Waals surface area contributed by atoms with Crippen LogP contribution in [0.4, 0.5) is 18.2 Å². The maximum Gasteiger partial charge on any atom is 0.416 e. The molecule has 0 atom stereocenters. The summed E-state index contributed by atoms with van der Waals surface area (Å²) in [4.78, 5) is 28.5. The molecule has 1 aromatic carbocycles. The number of thiophene rings is 1. The van der Waals surface area contributed by atoms with E-state index in [1.54, 1.807) is 0 Å². The number of aromatic amines is 1. The number of amides is 1. The lowest BCUT2D eigenvalue weighted by Gasteiger charge is -2.09. The summed E-state index contributed by atoms with van der Waals surface area (Å²) in [7, 11) is 0. The van der Waals surface area contributed by atoms with Crippen molar-refractivity contribution < 1.29 is 18.0 Å². The van der Waals surface area contributed by atoms with Gasteiger partial charge >= 0.3 is 6.18 Å². The summed E-state index contributed by atoms with van der Waals surface area (Å²) in [6.07, 6.45) is -2.09. The number of rotatable bonds is 4. The molecule has 0 bridgehead atoms. The quantitative estimate of drug-likeness (QED) is 0.501. The predicted molar refractivity (Wildman–Crippen MR) is 106 cm³/mol. The molecule has 2 N–H and O–H groups in total. The number of anilines is 1. The fourth-order valence-electron chi connectivity index (χ4n) is 2.95. The molecule has 12 heteroatoms. The molecule has 31 heavy (non-hydrogen) atoms. The molecule has 4 aromatic rings. The van der Waals surface area contributed by atoms with Crippen LogP contribution >= 0.6 is 11.3 Å². The van der Waals surface area contributed by atoms with Crippen LogP contribution in [0.25, 0.3) is 16.6 Å². The summed E-state index contributed by atoms with van der Waals surface area (Å²) in [6, 6.07) is 6.20. The molecule has 8 nitrogen and oxygen atoms in total. The van der Waals surface area contributed by atoms with E-state index in [1.807, 2.05) is 6.07 Å². The fraction of sp³-hybridized carbons (Fsp3) is 0.105. The second-order valence-corrected chi connectivity index (χ2v) is 7.29. The Balaban J connectivity index is 1.62. The second-order valence-electron chi connectivity index (χ2n) is 6.41. The van der Waals surface area contributed by atoms with E-state index in [9.17, 15) is 28.0 Å². The van der Waals surface area contributed by atoms with Gasteiger partial charge in [0, 0.05) is 16.5 Å². The molecule has 0 fully saturated rings. The standard InChI is InChI=1S/C19H11F3N6O2S/c20-19(21,22)13-1-2-14-10(6-13)5-11(17(30)26-14)7-15(29)27-18-16(12(8-23)9-31-18)28-24-3-4-25-28/h1-6,9H,7H2,(H,26,30)(H,27,29). The molecule has 4 rings (SSSR count). The highest BCUT2D eigenvalue weighted by atomic mass is 32.1. The number of halogens is 3. The first-order chi connectivity index (χ1) is 14.8. The number of hydrogen-bond acceptors (Lipinski definition) is 6. The van der Waals surface area contributed by atoms with Crippen LogP contribution in [-0.4, -0.2) is 25.9 Å². The van der Waals surface area contributed by atoms with E-state index in [1.165, 1.54) is 34.7 Å². The van der Waals surface area contributed by atoms with E-state index in [4.69, 9.17) is 0 Å². The summed E-state index contributed by atoms with van der Waals surface area (Å²) in [5.41, 5.74) is -0.680. The molecule has 3 heterocycles. The van der Waals surface area contributed by atoms with Gasteiger partial charge in [-0.25, -0.2) is 0 Å². The van der Waals surface area contributed by atoms with E-state index >= 15 is 0 Å². The number of carbonyl (C=O) groups excluding carboxylic acids is 1. The summed E-state index contributed by atoms with van der Waals surface area (Å²) < 4.78 is 38.9. The van der Waals surface area contributed by atoms with Crippen LogP contribution < -0.4 is 10.9 Å². The first-order valence-corrected chi connectivity index (χ1v) is 9.55. The molecule has 0 aliphatic carbocycles. The highest BCUT2D eigenvalue weighted by Crippen LogP contribution is 2.32. The molecular formula is C19H11F3N6O2S. The topological polar surface area (TPSA) is 116 Å².